The molecule has 0 aromatic heterocycles. The van der Waals surface area contributed by atoms with Gasteiger partial charge in [-0.05, 0) is 48.7 Å². The molecule has 1 atom stereocenters. The number of rotatable bonds is 8. The highest BCUT2D eigenvalue weighted by Gasteiger charge is 2.35. The van der Waals surface area contributed by atoms with Gasteiger partial charge in [0.05, 0.1) is 18.1 Å². The van der Waals surface area contributed by atoms with Crippen molar-refractivity contribution in [3.8, 4) is 5.75 Å². The Morgan fingerprint density at radius 3 is 2.62 bits per heavy atom. The van der Waals surface area contributed by atoms with Crippen molar-refractivity contribution in [3.05, 3.63) is 65.5 Å². The van der Waals surface area contributed by atoms with Gasteiger partial charge in [-0.25, -0.2) is 12.8 Å². The molecule has 1 fully saturated rings. The Labute approximate surface area is 171 Å². The monoisotopic (exact) mass is 419 g/mol. The normalized spacial score (nSPS) is 17.8. The number of nitrogens with zero attached hydrogens (tertiary/aromatic N) is 1. The van der Waals surface area contributed by atoms with Crippen molar-refractivity contribution in [1.29, 1.82) is 0 Å². The van der Waals surface area contributed by atoms with Gasteiger partial charge >= 0.3 is 0 Å². The fourth-order valence-electron chi connectivity index (χ4n) is 3.39. The maximum atomic E-state index is 13.3. The second-order valence-electron chi connectivity index (χ2n) is 7.35. The highest BCUT2D eigenvalue weighted by atomic mass is 32.2. The first-order valence-corrected chi connectivity index (χ1v) is 11.7. The van der Waals surface area contributed by atoms with Gasteiger partial charge < -0.3 is 9.64 Å². The Balaban J connectivity index is 1.84. The first kappa shape index (κ1) is 21.3. The van der Waals surface area contributed by atoms with Crippen LogP contribution in [-0.4, -0.2) is 43.4 Å². The first-order chi connectivity index (χ1) is 13.9. The average Bonchev–Trinajstić information content (AvgIpc) is 3.07. The second kappa shape index (κ2) is 9.39. The summed E-state index contributed by atoms with van der Waals surface area (Å²) in [6, 6.07) is 12.5. The molecule has 0 saturated carbocycles. The van der Waals surface area contributed by atoms with E-state index in [1.807, 2.05) is 0 Å². The molecular formula is C22H26FNO4S. The maximum Gasteiger partial charge on any atom is 0.254 e. The van der Waals surface area contributed by atoms with Crippen LogP contribution in [0.5, 0.6) is 5.75 Å². The molecule has 29 heavy (non-hydrogen) atoms. The van der Waals surface area contributed by atoms with E-state index in [-0.39, 0.29) is 29.8 Å². The SMILES string of the molecule is CCCCOc1cccc(C(=O)N(Cc2ccc(F)cc2)C2CCS(=O)(=O)C2)c1. The van der Waals surface area contributed by atoms with E-state index in [4.69, 9.17) is 4.74 Å². The Morgan fingerprint density at radius 1 is 1.21 bits per heavy atom. The summed E-state index contributed by atoms with van der Waals surface area (Å²) in [6.07, 6.45) is 2.34. The van der Waals surface area contributed by atoms with Crippen molar-refractivity contribution < 1.29 is 22.3 Å². The number of carbonyl (C=O) groups is 1. The molecule has 0 N–H and O–H groups in total. The Kier molecular flexibility index (Phi) is 6.90. The zero-order valence-corrected chi connectivity index (χ0v) is 17.3. The molecule has 1 heterocycles. The van der Waals surface area contributed by atoms with E-state index in [2.05, 4.69) is 6.92 Å². The molecule has 1 aliphatic heterocycles. The molecule has 156 valence electrons. The van der Waals surface area contributed by atoms with Crippen LogP contribution < -0.4 is 4.74 Å². The fraction of sp³-hybridized carbons (Fsp3) is 0.409. The summed E-state index contributed by atoms with van der Waals surface area (Å²) in [5.74, 6) is 0.0342. The Bertz CT molecular complexity index is 944. The zero-order valence-electron chi connectivity index (χ0n) is 16.5. The predicted octanol–water partition coefficient (Wildman–Crippen LogP) is 3.83. The van der Waals surface area contributed by atoms with E-state index in [0.717, 1.165) is 18.4 Å². The smallest absolute Gasteiger partial charge is 0.254 e. The summed E-state index contributed by atoms with van der Waals surface area (Å²) >= 11 is 0. The number of unbranched alkanes of at least 4 members (excludes halogenated alkanes) is 1. The van der Waals surface area contributed by atoms with Gasteiger partial charge in [0.2, 0.25) is 0 Å². The lowest BCUT2D eigenvalue weighted by molar-refractivity contribution is 0.0680. The topological polar surface area (TPSA) is 63.7 Å². The molecule has 1 amide bonds. The van der Waals surface area contributed by atoms with Crippen molar-refractivity contribution >= 4 is 15.7 Å². The van der Waals surface area contributed by atoms with Crippen LogP contribution in [0.15, 0.2) is 48.5 Å². The molecule has 0 bridgehead atoms. The molecule has 1 unspecified atom stereocenters. The van der Waals surface area contributed by atoms with Crippen LogP contribution in [-0.2, 0) is 16.4 Å². The molecule has 1 saturated heterocycles. The maximum absolute atomic E-state index is 13.3. The number of hydrogen-bond acceptors (Lipinski definition) is 4. The largest absolute Gasteiger partial charge is 0.494 e. The van der Waals surface area contributed by atoms with Gasteiger partial charge in [-0.15, -0.1) is 0 Å². The predicted molar refractivity (Wildman–Crippen MR) is 110 cm³/mol. The van der Waals surface area contributed by atoms with Gasteiger partial charge in [-0.2, -0.15) is 0 Å². The van der Waals surface area contributed by atoms with Gasteiger partial charge in [0.15, 0.2) is 9.84 Å². The quantitative estimate of drug-likeness (QED) is 0.610. The van der Waals surface area contributed by atoms with Crippen molar-refractivity contribution in [1.82, 2.24) is 4.90 Å². The average molecular weight is 420 g/mol. The summed E-state index contributed by atoms with van der Waals surface area (Å²) < 4.78 is 42.9. The second-order valence-corrected chi connectivity index (χ2v) is 9.57. The van der Waals surface area contributed by atoms with Crippen LogP contribution in [0.25, 0.3) is 0 Å². The molecule has 7 heteroatoms. The summed E-state index contributed by atoms with van der Waals surface area (Å²) in [6.45, 7) is 2.88. The van der Waals surface area contributed by atoms with Crippen LogP contribution in [0.3, 0.4) is 0 Å². The minimum Gasteiger partial charge on any atom is -0.494 e. The van der Waals surface area contributed by atoms with Crippen LogP contribution >= 0.6 is 0 Å². The third kappa shape index (κ3) is 5.79. The first-order valence-electron chi connectivity index (χ1n) is 9.86. The van der Waals surface area contributed by atoms with Crippen molar-refractivity contribution in [3.63, 3.8) is 0 Å². The third-order valence-corrected chi connectivity index (χ3v) is 6.77. The molecule has 0 spiro atoms. The molecule has 5 nitrogen and oxygen atoms in total. The van der Waals surface area contributed by atoms with Crippen molar-refractivity contribution in [2.24, 2.45) is 0 Å². The van der Waals surface area contributed by atoms with Gasteiger partial charge in [-0.1, -0.05) is 31.5 Å². The van der Waals surface area contributed by atoms with Gasteiger partial charge in [-0.3, -0.25) is 4.79 Å². The summed E-state index contributed by atoms with van der Waals surface area (Å²) in [5, 5.41) is 0. The van der Waals surface area contributed by atoms with Gasteiger partial charge in [0.1, 0.15) is 11.6 Å². The van der Waals surface area contributed by atoms with Crippen LogP contribution in [0.1, 0.15) is 42.1 Å². The number of halogens is 1. The molecule has 1 aliphatic rings. The minimum absolute atomic E-state index is 0.0490. The summed E-state index contributed by atoms with van der Waals surface area (Å²) in [4.78, 5) is 14.9. The minimum atomic E-state index is -3.16. The molecule has 0 aliphatic carbocycles. The number of carbonyl (C=O) groups excluding carboxylic acids is 1. The molecule has 2 aromatic rings. The number of ether oxygens (including phenoxy) is 1. The fourth-order valence-corrected chi connectivity index (χ4v) is 5.12. The van der Waals surface area contributed by atoms with E-state index >= 15 is 0 Å². The van der Waals surface area contributed by atoms with E-state index < -0.39 is 15.9 Å². The lowest BCUT2D eigenvalue weighted by Gasteiger charge is -2.28. The highest BCUT2D eigenvalue weighted by Crippen LogP contribution is 2.24. The van der Waals surface area contributed by atoms with Crippen molar-refractivity contribution in [2.45, 2.75) is 38.8 Å². The van der Waals surface area contributed by atoms with Crippen molar-refractivity contribution in [2.75, 3.05) is 18.1 Å². The van der Waals surface area contributed by atoms with E-state index in [1.165, 1.54) is 12.1 Å². The lowest BCUT2D eigenvalue weighted by atomic mass is 10.1. The van der Waals surface area contributed by atoms with Crippen LogP contribution in [0.4, 0.5) is 4.39 Å². The summed E-state index contributed by atoms with van der Waals surface area (Å²) in [5.41, 5.74) is 1.20. The number of hydrogen-bond donors (Lipinski definition) is 0. The highest BCUT2D eigenvalue weighted by molar-refractivity contribution is 7.91. The van der Waals surface area contributed by atoms with Crippen LogP contribution in [0.2, 0.25) is 0 Å². The van der Waals surface area contributed by atoms with Gasteiger partial charge in [0.25, 0.3) is 5.91 Å². The van der Waals surface area contributed by atoms with E-state index in [0.29, 0.717) is 24.3 Å². The zero-order chi connectivity index (χ0) is 20.9. The number of sulfone groups is 1. The Morgan fingerprint density at radius 2 is 1.97 bits per heavy atom. The molecule has 0 radical (unpaired) electrons. The lowest BCUT2D eigenvalue weighted by Crippen LogP contribution is -2.40. The molecule has 3 rings (SSSR count). The van der Waals surface area contributed by atoms with E-state index in [9.17, 15) is 17.6 Å². The van der Waals surface area contributed by atoms with Gasteiger partial charge in [0, 0.05) is 18.2 Å². The number of amides is 1. The van der Waals surface area contributed by atoms with E-state index in [1.54, 1.807) is 41.3 Å². The molecule has 2 aromatic carbocycles. The van der Waals surface area contributed by atoms with Crippen LogP contribution in [0, 0.1) is 5.82 Å². The standard InChI is InChI=1S/C22H26FNO4S/c1-2-3-12-28-21-6-4-5-18(14-21)22(25)24(20-11-13-29(26,27)16-20)15-17-7-9-19(23)10-8-17/h4-10,14,20H,2-3,11-13,15-16H2,1H3. The third-order valence-electron chi connectivity index (χ3n) is 5.02. The number of benzene rings is 2. The summed E-state index contributed by atoms with van der Waals surface area (Å²) in [7, 11) is -3.16. The Hall–Kier alpha value is -2.41. The molecular weight excluding hydrogens is 393 g/mol.